The molecule has 2 aromatic carbocycles. The van der Waals surface area contributed by atoms with Gasteiger partial charge in [-0.1, -0.05) is 18.2 Å². The van der Waals surface area contributed by atoms with Gasteiger partial charge in [0.25, 0.3) is 5.91 Å². The fourth-order valence-electron chi connectivity index (χ4n) is 1.97. The molecule has 0 saturated carbocycles. The Balaban J connectivity index is 2.32. The first-order valence-corrected chi connectivity index (χ1v) is 6.49. The Kier molecular flexibility index (Phi) is 4.66. The summed E-state index contributed by atoms with van der Waals surface area (Å²) in [6.07, 6.45) is 0. The van der Waals surface area contributed by atoms with Crippen LogP contribution >= 0.6 is 0 Å². The first-order valence-electron chi connectivity index (χ1n) is 6.49. The number of hydrogen-bond donors (Lipinski definition) is 2. The van der Waals surface area contributed by atoms with E-state index in [2.05, 4.69) is 10.6 Å². The van der Waals surface area contributed by atoms with E-state index in [9.17, 15) is 4.79 Å². The molecule has 0 fully saturated rings. The lowest BCUT2D eigenvalue weighted by Crippen LogP contribution is -2.12. The average Bonchev–Trinajstić information content (AvgIpc) is 2.55. The van der Waals surface area contributed by atoms with Crippen LogP contribution in [0.5, 0.6) is 11.5 Å². The number of nitrogens with one attached hydrogen (secondary N) is 2. The van der Waals surface area contributed by atoms with E-state index in [1.807, 2.05) is 18.2 Å². The van der Waals surface area contributed by atoms with Crippen LogP contribution < -0.4 is 20.1 Å². The van der Waals surface area contributed by atoms with Crippen molar-refractivity contribution >= 4 is 17.3 Å². The van der Waals surface area contributed by atoms with Crippen LogP contribution in [-0.4, -0.2) is 27.2 Å². The van der Waals surface area contributed by atoms with Crippen molar-refractivity contribution in [2.24, 2.45) is 0 Å². The first kappa shape index (κ1) is 14.7. The minimum Gasteiger partial charge on any atom is -0.495 e. The smallest absolute Gasteiger partial charge is 0.255 e. The van der Waals surface area contributed by atoms with Crippen molar-refractivity contribution in [2.75, 3.05) is 31.9 Å². The highest BCUT2D eigenvalue weighted by atomic mass is 16.5. The molecule has 2 rings (SSSR count). The van der Waals surface area contributed by atoms with Gasteiger partial charge in [-0.3, -0.25) is 4.79 Å². The van der Waals surface area contributed by atoms with Crippen LogP contribution in [0.2, 0.25) is 0 Å². The van der Waals surface area contributed by atoms with Gasteiger partial charge in [-0.25, -0.2) is 0 Å². The summed E-state index contributed by atoms with van der Waals surface area (Å²) >= 11 is 0. The molecular weight excluding hydrogens is 268 g/mol. The van der Waals surface area contributed by atoms with Crippen LogP contribution in [-0.2, 0) is 0 Å². The molecule has 0 unspecified atom stereocenters. The van der Waals surface area contributed by atoms with E-state index in [0.717, 1.165) is 5.69 Å². The van der Waals surface area contributed by atoms with Gasteiger partial charge >= 0.3 is 0 Å². The number of methoxy groups -OCH3 is 2. The molecule has 1 amide bonds. The maximum Gasteiger partial charge on any atom is 0.255 e. The monoisotopic (exact) mass is 286 g/mol. The molecule has 2 N–H and O–H groups in total. The number of hydrogen-bond acceptors (Lipinski definition) is 4. The second-order valence-corrected chi connectivity index (χ2v) is 4.32. The molecule has 0 saturated heterocycles. The lowest BCUT2D eigenvalue weighted by molar-refractivity contribution is 0.102. The fraction of sp³-hybridized carbons (Fsp3) is 0.188. The van der Waals surface area contributed by atoms with Crippen molar-refractivity contribution < 1.29 is 14.3 Å². The summed E-state index contributed by atoms with van der Waals surface area (Å²) in [5, 5.41) is 5.85. The van der Waals surface area contributed by atoms with Crippen LogP contribution in [0.25, 0.3) is 0 Å². The Bertz CT molecular complexity index is 627. The van der Waals surface area contributed by atoms with Gasteiger partial charge in [0.2, 0.25) is 0 Å². The third-order valence-corrected chi connectivity index (χ3v) is 3.08. The lowest BCUT2D eigenvalue weighted by atomic mass is 10.2. The molecule has 5 heteroatoms. The number of benzene rings is 2. The first-order chi connectivity index (χ1) is 10.2. The van der Waals surface area contributed by atoms with Crippen LogP contribution in [0, 0.1) is 0 Å². The molecule has 0 aromatic heterocycles. The molecule has 21 heavy (non-hydrogen) atoms. The highest BCUT2D eigenvalue weighted by molar-refractivity contribution is 6.05. The van der Waals surface area contributed by atoms with Crippen molar-refractivity contribution in [1.29, 1.82) is 0 Å². The highest BCUT2D eigenvalue weighted by Gasteiger charge is 2.13. The summed E-state index contributed by atoms with van der Waals surface area (Å²) in [6, 6.07) is 12.5. The van der Waals surface area contributed by atoms with Crippen molar-refractivity contribution in [3.8, 4) is 11.5 Å². The van der Waals surface area contributed by atoms with Gasteiger partial charge in [0, 0.05) is 24.7 Å². The van der Waals surface area contributed by atoms with Gasteiger partial charge in [-0.2, -0.15) is 0 Å². The number of carbonyl (C=O) groups is 1. The molecule has 0 aliphatic carbocycles. The van der Waals surface area contributed by atoms with Gasteiger partial charge in [0.05, 0.1) is 25.6 Å². The highest BCUT2D eigenvalue weighted by Crippen LogP contribution is 2.36. The molecule has 0 spiro atoms. The van der Waals surface area contributed by atoms with E-state index in [1.165, 1.54) is 0 Å². The van der Waals surface area contributed by atoms with E-state index in [-0.39, 0.29) is 5.91 Å². The number of anilines is 2. The summed E-state index contributed by atoms with van der Waals surface area (Å²) in [5.74, 6) is 0.985. The molecule has 0 aliphatic heterocycles. The zero-order chi connectivity index (χ0) is 15.2. The lowest BCUT2D eigenvalue weighted by Gasteiger charge is -2.15. The number of amides is 1. The minimum atomic E-state index is -0.201. The topological polar surface area (TPSA) is 59.6 Å². The summed E-state index contributed by atoms with van der Waals surface area (Å²) in [4.78, 5) is 12.2. The summed E-state index contributed by atoms with van der Waals surface area (Å²) in [7, 11) is 4.92. The quantitative estimate of drug-likeness (QED) is 0.887. The zero-order valence-electron chi connectivity index (χ0n) is 12.3. The van der Waals surface area contributed by atoms with Gasteiger partial charge in [-0.05, 0) is 12.1 Å². The predicted molar refractivity (Wildman–Crippen MR) is 83.5 cm³/mol. The minimum absolute atomic E-state index is 0.201. The normalized spacial score (nSPS) is 9.86. The maximum absolute atomic E-state index is 12.2. The maximum atomic E-state index is 12.2. The molecule has 0 atom stereocenters. The molecule has 110 valence electrons. The molecule has 5 nitrogen and oxygen atoms in total. The van der Waals surface area contributed by atoms with Crippen LogP contribution in [0.1, 0.15) is 10.4 Å². The fourth-order valence-corrected chi connectivity index (χ4v) is 1.97. The van der Waals surface area contributed by atoms with Crippen molar-refractivity contribution in [3.05, 3.63) is 48.0 Å². The third-order valence-electron chi connectivity index (χ3n) is 3.08. The molecule has 0 aliphatic rings. The Morgan fingerprint density at radius 3 is 2.10 bits per heavy atom. The predicted octanol–water partition coefficient (Wildman–Crippen LogP) is 3.00. The third kappa shape index (κ3) is 3.25. The Hall–Kier alpha value is -2.69. The number of carbonyl (C=O) groups excluding carboxylic acids is 1. The van der Waals surface area contributed by atoms with Gasteiger partial charge in [0.1, 0.15) is 11.5 Å². The Labute approximate surface area is 123 Å². The molecular formula is C16H18N2O3. The van der Waals surface area contributed by atoms with Crippen LogP contribution in [0.4, 0.5) is 11.4 Å². The SMILES string of the molecule is CNc1cc(OC)c(NC(=O)c2ccccc2)cc1OC. The van der Waals surface area contributed by atoms with Crippen molar-refractivity contribution in [1.82, 2.24) is 0 Å². The molecule has 0 radical (unpaired) electrons. The molecule has 0 heterocycles. The summed E-state index contributed by atoms with van der Waals surface area (Å²) in [6.45, 7) is 0. The van der Waals surface area contributed by atoms with E-state index >= 15 is 0 Å². The van der Waals surface area contributed by atoms with E-state index in [0.29, 0.717) is 22.7 Å². The van der Waals surface area contributed by atoms with Crippen LogP contribution in [0.15, 0.2) is 42.5 Å². The average molecular weight is 286 g/mol. The van der Waals surface area contributed by atoms with E-state index in [1.54, 1.807) is 45.5 Å². The van der Waals surface area contributed by atoms with Gasteiger partial charge in [-0.15, -0.1) is 0 Å². The molecule has 2 aromatic rings. The second-order valence-electron chi connectivity index (χ2n) is 4.32. The van der Waals surface area contributed by atoms with Crippen molar-refractivity contribution in [2.45, 2.75) is 0 Å². The van der Waals surface area contributed by atoms with E-state index in [4.69, 9.17) is 9.47 Å². The second kappa shape index (κ2) is 6.65. The van der Waals surface area contributed by atoms with E-state index < -0.39 is 0 Å². The number of rotatable bonds is 5. The van der Waals surface area contributed by atoms with Gasteiger partial charge in [0.15, 0.2) is 0 Å². The Morgan fingerprint density at radius 2 is 1.52 bits per heavy atom. The standard InChI is InChI=1S/C16H18N2O3/c1-17-12-9-15(21-3)13(10-14(12)20-2)18-16(19)11-7-5-4-6-8-11/h4-10,17H,1-3H3,(H,18,19). The number of ether oxygens (including phenoxy) is 2. The zero-order valence-corrected chi connectivity index (χ0v) is 12.3. The largest absolute Gasteiger partial charge is 0.495 e. The summed E-state index contributed by atoms with van der Waals surface area (Å²) < 4.78 is 10.6. The molecule has 0 bridgehead atoms. The van der Waals surface area contributed by atoms with Crippen LogP contribution in [0.3, 0.4) is 0 Å². The van der Waals surface area contributed by atoms with Gasteiger partial charge < -0.3 is 20.1 Å². The summed E-state index contributed by atoms with van der Waals surface area (Å²) in [5.41, 5.74) is 1.92. The van der Waals surface area contributed by atoms with Crippen molar-refractivity contribution in [3.63, 3.8) is 0 Å². The Morgan fingerprint density at radius 1 is 0.952 bits per heavy atom.